The Kier molecular flexibility index (Phi) is 17.4. The van der Waals surface area contributed by atoms with Crippen LogP contribution in [0.5, 0.6) is 0 Å². The normalized spacial score (nSPS) is 13.1. The highest BCUT2D eigenvalue weighted by atomic mass is 35.5. The maximum Gasteiger partial charge on any atom is 0.700 e. The van der Waals surface area contributed by atoms with Crippen LogP contribution < -0.4 is 0 Å². The topological polar surface area (TPSA) is 93.1 Å². The molecule has 0 radical (unpaired) electrons. The zero-order valence-electron chi connectivity index (χ0n) is 15.5. The third-order valence-electron chi connectivity index (χ3n) is 3.52. The van der Waals surface area contributed by atoms with Crippen molar-refractivity contribution in [1.29, 1.82) is 0 Å². The molecule has 7 nitrogen and oxygen atoms in total. The summed E-state index contributed by atoms with van der Waals surface area (Å²) in [4.78, 5) is 16.1. The van der Waals surface area contributed by atoms with Crippen molar-refractivity contribution in [1.82, 2.24) is 0 Å². The Labute approximate surface area is 163 Å². The van der Waals surface area contributed by atoms with E-state index in [0.29, 0.717) is 0 Å². The van der Waals surface area contributed by atoms with Crippen LogP contribution in [0.3, 0.4) is 0 Å². The largest absolute Gasteiger partial charge is 0.700 e. The molecule has 0 amide bonds. The quantitative estimate of drug-likeness (QED) is 0.175. The summed E-state index contributed by atoms with van der Waals surface area (Å²) in [6.45, 7) is 11.0. The molecule has 0 rings (SSSR count). The fraction of sp³-hybridized carbons (Fsp3) is 1.00. The van der Waals surface area contributed by atoms with E-state index >= 15 is 0 Å². The molecule has 0 heterocycles. The van der Waals surface area contributed by atoms with E-state index in [4.69, 9.17) is 33.0 Å². The van der Waals surface area contributed by atoms with Crippen LogP contribution in [0, 0.1) is 0 Å². The molecule has 150 valence electrons. The van der Waals surface area contributed by atoms with E-state index < -0.39 is 21.2 Å². The van der Waals surface area contributed by atoms with Gasteiger partial charge in [0.05, 0.1) is 26.7 Å². The zero-order valence-corrected chi connectivity index (χ0v) is 18.8. The van der Waals surface area contributed by atoms with E-state index in [2.05, 4.69) is 36.9 Å². The van der Waals surface area contributed by atoms with Gasteiger partial charge in [-0.15, -0.1) is 9.79 Å². The lowest BCUT2D eigenvalue weighted by Gasteiger charge is -2.34. The first-order chi connectivity index (χ1) is 11.5. The Morgan fingerprint density at radius 2 is 1.12 bits per heavy atom. The fourth-order valence-electron chi connectivity index (χ4n) is 2.15. The predicted octanol–water partition coefficient (Wildman–Crippen LogP) is 5.24. The van der Waals surface area contributed by atoms with Crippen molar-refractivity contribution in [2.45, 2.75) is 64.0 Å². The molecule has 0 bridgehead atoms. The summed E-state index contributed by atoms with van der Waals surface area (Å²) < 4.78 is 26.1. The third kappa shape index (κ3) is 19.2. The summed E-state index contributed by atoms with van der Waals surface area (Å²) in [5.41, 5.74) is 0. The highest BCUT2D eigenvalue weighted by Gasteiger charge is 2.46. The maximum absolute atomic E-state index is 9.90. The predicted molar refractivity (Wildman–Crippen MR) is 102 cm³/mol. The Bertz CT molecular complexity index is 349. The first-order valence-corrected chi connectivity index (χ1v) is 11.5. The summed E-state index contributed by atoms with van der Waals surface area (Å²) in [7, 11) is -3.75. The van der Waals surface area contributed by atoms with Gasteiger partial charge in [0.15, 0.2) is 0 Å². The molecule has 25 heavy (non-hydrogen) atoms. The summed E-state index contributed by atoms with van der Waals surface area (Å²) in [5, 5.41) is 0. The van der Waals surface area contributed by atoms with Crippen molar-refractivity contribution in [3.05, 3.63) is 0 Å². The molecule has 2 N–H and O–H groups in total. The van der Waals surface area contributed by atoms with Gasteiger partial charge < -0.3 is 4.48 Å². The second-order valence-corrected chi connectivity index (χ2v) is 8.48. The lowest BCUT2D eigenvalue weighted by molar-refractivity contribution is -0.910. The fourth-order valence-corrected chi connectivity index (χ4v) is 3.36. The molecule has 0 saturated heterocycles. The van der Waals surface area contributed by atoms with Gasteiger partial charge in [-0.25, -0.2) is 0 Å². The minimum atomic E-state index is -3.10. The first-order valence-electron chi connectivity index (χ1n) is 8.43. The molecular formula is C14H32Cl2NO6P2+3. The van der Waals surface area contributed by atoms with Gasteiger partial charge >= 0.3 is 21.2 Å². The molecule has 2 atom stereocenters. The van der Waals surface area contributed by atoms with Gasteiger partial charge in [0.1, 0.15) is 0 Å². The molecule has 0 fully saturated rings. The van der Waals surface area contributed by atoms with Gasteiger partial charge in [-0.3, -0.25) is 0 Å². The Balaban J connectivity index is 0. The van der Waals surface area contributed by atoms with Gasteiger partial charge in [0.2, 0.25) is 0 Å². The number of halogens is 2. The van der Waals surface area contributed by atoms with Gasteiger partial charge in [0, 0.05) is 9.13 Å². The van der Waals surface area contributed by atoms with E-state index in [1.165, 1.54) is 62.6 Å². The van der Waals surface area contributed by atoms with Crippen LogP contribution in [0.15, 0.2) is 0 Å². The van der Waals surface area contributed by atoms with Gasteiger partial charge in [-0.05, 0) is 51.5 Å². The van der Waals surface area contributed by atoms with E-state index in [9.17, 15) is 9.13 Å². The average molecular weight is 443 g/mol. The number of nitrogens with zero attached hydrogens (tertiary/aromatic N) is 1. The van der Waals surface area contributed by atoms with Gasteiger partial charge in [-0.2, -0.15) is 0 Å². The highest BCUT2D eigenvalue weighted by Crippen LogP contribution is 2.40. The Hall–Kier alpha value is 0.580. The molecular weight excluding hydrogens is 411 g/mol. The summed E-state index contributed by atoms with van der Waals surface area (Å²) in [6.07, 6.45) is 8.20. The number of hydrogen-bond acceptors (Lipinski definition) is 4. The molecule has 0 aliphatic carbocycles. The third-order valence-corrected chi connectivity index (χ3v) is 5.09. The van der Waals surface area contributed by atoms with E-state index in [-0.39, 0.29) is 0 Å². The molecule has 0 aromatic heterocycles. The van der Waals surface area contributed by atoms with Gasteiger partial charge in [-0.1, -0.05) is 40.0 Å². The standard InChI is InChI=1S/C13H30N.CCl2O6P2/c1-5-8-11-14(4,12-9-6-2)13-10-7-3;2-1(3,8-10(4)5)9-11(6)7/h5-13H2,1-4H3;/q+1;/p+2. The number of quaternary nitrogens is 1. The van der Waals surface area contributed by atoms with E-state index in [0.717, 1.165) is 0 Å². The van der Waals surface area contributed by atoms with Crippen LogP contribution >= 0.6 is 39.7 Å². The Morgan fingerprint density at radius 1 is 0.840 bits per heavy atom. The Morgan fingerprint density at radius 3 is 1.32 bits per heavy atom. The molecule has 0 aliphatic rings. The van der Waals surface area contributed by atoms with Crippen molar-refractivity contribution >= 4 is 39.7 Å². The van der Waals surface area contributed by atoms with Crippen LogP contribution in [0.25, 0.3) is 0 Å². The van der Waals surface area contributed by atoms with Crippen molar-refractivity contribution < 1.29 is 32.4 Å². The monoisotopic (exact) mass is 442 g/mol. The number of alkyl halides is 2. The van der Waals surface area contributed by atoms with Crippen LogP contribution in [0.4, 0.5) is 0 Å². The average Bonchev–Trinajstić information content (AvgIpc) is 2.47. The van der Waals surface area contributed by atoms with Crippen molar-refractivity contribution in [3.63, 3.8) is 0 Å². The second kappa shape index (κ2) is 15.6. The SMILES string of the molecule is CCCC[N+](C)(CCCC)CCCC.O=[P+](O)OC(Cl)(Cl)O[P+](=O)O. The maximum atomic E-state index is 9.90. The number of unbranched alkanes of at least 4 members (excludes halogenated alkanes) is 3. The molecule has 11 heteroatoms. The summed E-state index contributed by atoms with van der Waals surface area (Å²) in [6, 6.07) is 0. The molecule has 2 unspecified atom stereocenters. The zero-order chi connectivity index (χ0) is 19.9. The molecule has 0 spiro atoms. The van der Waals surface area contributed by atoms with Crippen LogP contribution in [-0.4, -0.2) is 45.7 Å². The van der Waals surface area contributed by atoms with Gasteiger partial charge in [0.25, 0.3) is 0 Å². The van der Waals surface area contributed by atoms with Crippen LogP contribution in [0.1, 0.15) is 59.3 Å². The van der Waals surface area contributed by atoms with Crippen LogP contribution in [0.2, 0.25) is 0 Å². The molecule has 0 aromatic carbocycles. The second-order valence-electron chi connectivity index (χ2n) is 5.97. The highest BCUT2D eigenvalue weighted by molar-refractivity contribution is 7.33. The molecule has 0 aliphatic heterocycles. The van der Waals surface area contributed by atoms with Crippen molar-refractivity contribution in [2.24, 2.45) is 0 Å². The smallest absolute Gasteiger partial charge is 0.326 e. The number of hydrogen-bond donors (Lipinski definition) is 2. The lowest BCUT2D eigenvalue weighted by Crippen LogP contribution is -2.46. The minimum absolute atomic E-state index is 1.32. The molecule has 0 saturated carbocycles. The van der Waals surface area contributed by atoms with Crippen molar-refractivity contribution in [3.8, 4) is 0 Å². The minimum Gasteiger partial charge on any atom is -0.326 e. The molecule has 0 aromatic rings. The summed E-state index contributed by atoms with van der Waals surface area (Å²) in [5.74, 6) is 0. The summed E-state index contributed by atoms with van der Waals surface area (Å²) >= 11 is 9.92. The van der Waals surface area contributed by atoms with Crippen molar-refractivity contribution in [2.75, 3.05) is 26.7 Å². The van der Waals surface area contributed by atoms with E-state index in [1.807, 2.05) is 0 Å². The first kappa shape index (κ1) is 27.8. The van der Waals surface area contributed by atoms with Crippen LogP contribution in [-0.2, 0) is 18.2 Å². The lowest BCUT2D eigenvalue weighted by atomic mass is 10.2. The van der Waals surface area contributed by atoms with E-state index in [1.54, 1.807) is 0 Å². The number of rotatable bonds is 13.